The summed E-state index contributed by atoms with van der Waals surface area (Å²) in [5.74, 6) is 3.29. The standard InChI is InChI=1S/C44H72O16/c1-19-8-13-44(55-16-19)20(2)30-28(60-44)15-26-24-7-6-22-14-23(9-11-42(22,4)25(24)10-12-43(26,30)5)57-41-38(59-40-36(51)32(47)27(45)17-53-40)35(50)33(48)29(58-41)18-54-39-37(52)34(49)31(46)21(3)56-39/h19-41,45-52H,6-18H2,1-5H3/t19-,20-,21-,22+,23-,24+,25-,26-,27-,28-,29+,30-,31-,32-,33+,34+,35-,36+,37+,38+,39+,40-,41+,42-,43-,44+/m0/s1. The zero-order valence-electron chi connectivity index (χ0n) is 35.8. The van der Waals surface area contributed by atoms with Crippen molar-refractivity contribution in [3.05, 3.63) is 0 Å². The molecule has 5 heterocycles. The molecule has 0 unspecified atom stereocenters. The van der Waals surface area contributed by atoms with E-state index < -0.39 is 91.8 Å². The first-order valence-electron chi connectivity index (χ1n) is 23.1. The molecule has 1 spiro atoms. The van der Waals surface area contributed by atoms with Gasteiger partial charge in [-0.15, -0.1) is 0 Å². The van der Waals surface area contributed by atoms with Gasteiger partial charge in [0.25, 0.3) is 0 Å². The number of hydrogen-bond donors (Lipinski definition) is 8. The minimum absolute atomic E-state index is 0.126. The summed E-state index contributed by atoms with van der Waals surface area (Å²) < 4.78 is 49.5. The van der Waals surface area contributed by atoms with Crippen molar-refractivity contribution >= 4 is 0 Å². The number of hydrogen-bond acceptors (Lipinski definition) is 16. The van der Waals surface area contributed by atoms with Crippen LogP contribution in [0, 0.1) is 52.3 Å². The molecule has 4 saturated carbocycles. The van der Waals surface area contributed by atoms with Crippen LogP contribution < -0.4 is 0 Å². The first-order valence-corrected chi connectivity index (χ1v) is 23.1. The molecule has 8 N–H and O–H groups in total. The second-order valence-electron chi connectivity index (χ2n) is 21.1. The van der Waals surface area contributed by atoms with E-state index in [9.17, 15) is 40.9 Å². The van der Waals surface area contributed by atoms with Crippen LogP contribution in [0.1, 0.15) is 98.8 Å². The van der Waals surface area contributed by atoms with E-state index in [1.54, 1.807) is 0 Å². The summed E-state index contributed by atoms with van der Waals surface area (Å²) in [6.07, 6.45) is -9.45. The summed E-state index contributed by atoms with van der Waals surface area (Å²) in [7, 11) is 0. The zero-order valence-corrected chi connectivity index (χ0v) is 35.8. The molecule has 5 saturated heterocycles. The van der Waals surface area contributed by atoms with Gasteiger partial charge in [0.15, 0.2) is 24.7 Å². The van der Waals surface area contributed by atoms with E-state index in [1.165, 1.54) is 19.8 Å². The number of fused-ring (bicyclic) bond motifs is 7. The van der Waals surface area contributed by atoms with Gasteiger partial charge in [-0.25, -0.2) is 0 Å². The molecule has 4 aliphatic carbocycles. The van der Waals surface area contributed by atoms with E-state index in [4.69, 9.17) is 37.9 Å². The van der Waals surface area contributed by atoms with Crippen LogP contribution in [0.3, 0.4) is 0 Å². The molecule has 9 rings (SSSR count). The molecule has 5 aliphatic heterocycles. The SMILES string of the molecule is C[C@H]1CC[C@@]2(OC1)O[C@H]1C[C@H]3[C@@H]4CC[C@@H]5C[C@@H](O[C@@H]6O[C@H](CO[C@@H]7O[C@@H](C)[C@H](O)[C@@H](O)[C@H]7O)[C@@H](O)[C@H](O)[C@H]6O[C@@H]6OC[C@H](O)[C@H](O)[C@H]6O)CC[C@]5(C)[C@H]4CC[C@]3(C)[C@H]1[C@@H]2C. The van der Waals surface area contributed by atoms with E-state index >= 15 is 0 Å². The molecule has 60 heavy (non-hydrogen) atoms. The van der Waals surface area contributed by atoms with Gasteiger partial charge in [0, 0.05) is 12.3 Å². The van der Waals surface area contributed by atoms with Gasteiger partial charge in [-0.05, 0) is 111 Å². The van der Waals surface area contributed by atoms with Crippen molar-refractivity contribution in [3.63, 3.8) is 0 Å². The van der Waals surface area contributed by atoms with E-state index in [1.807, 2.05) is 0 Å². The second-order valence-corrected chi connectivity index (χ2v) is 21.1. The molecule has 0 amide bonds. The summed E-state index contributed by atoms with van der Waals surface area (Å²) in [5, 5.41) is 84.9. The fraction of sp³-hybridized carbons (Fsp3) is 1.00. The number of ether oxygens (including phenoxy) is 8. The van der Waals surface area contributed by atoms with E-state index in [-0.39, 0.29) is 36.3 Å². The summed E-state index contributed by atoms with van der Waals surface area (Å²) in [6.45, 7) is 11.3. The van der Waals surface area contributed by atoms with Crippen molar-refractivity contribution in [2.45, 2.75) is 203 Å². The van der Waals surface area contributed by atoms with Crippen LogP contribution in [0.15, 0.2) is 0 Å². The Hall–Kier alpha value is -0.640. The first-order chi connectivity index (χ1) is 28.5. The lowest BCUT2D eigenvalue weighted by Gasteiger charge is -2.61. The Bertz CT molecular complexity index is 1500. The molecule has 0 radical (unpaired) electrons. The van der Waals surface area contributed by atoms with Gasteiger partial charge < -0.3 is 78.7 Å². The fourth-order valence-corrected chi connectivity index (χ4v) is 14.2. The number of rotatable bonds is 7. The van der Waals surface area contributed by atoms with Crippen LogP contribution in [-0.2, 0) is 37.9 Å². The highest BCUT2D eigenvalue weighted by Gasteiger charge is 2.69. The summed E-state index contributed by atoms with van der Waals surface area (Å²) >= 11 is 0. The maximum Gasteiger partial charge on any atom is 0.187 e. The Kier molecular flexibility index (Phi) is 12.4. The fourth-order valence-electron chi connectivity index (χ4n) is 14.2. The van der Waals surface area contributed by atoms with Gasteiger partial charge in [0.2, 0.25) is 0 Å². The lowest BCUT2D eigenvalue weighted by Crippen LogP contribution is -2.64. The van der Waals surface area contributed by atoms with E-state index in [0.717, 1.165) is 58.0 Å². The third-order valence-corrected chi connectivity index (χ3v) is 17.8. The van der Waals surface area contributed by atoms with Crippen LogP contribution >= 0.6 is 0 Å². The molecule has 9 fully saturated rings. The number of aliphatic hydroxyl groups excluding tert-OH is 8. The summed E-state index contributed by atoms with van der Waals surface area (Å²) in [5.41, 5.74) is 0.356. The normalized spacial score (nSPS) is 59.2. The molecule has 0 aromatic heterocycles. The summed E-state index contributed by atoms with van der Waals surface area (Å²) in [6, 6.07) is 0. The molecule has 9 aliphatic rings. The average molecular weight is 857 g/mol. The minimum Gasteiger partial charge on any atom is -0.388 e. The van der Waals surface area contributed by atoms with Crippen molar-refractivity contribution in [2.24, 2.45) is 52.3 Å². The van der Waals surface area contributed by atoms with Crippen LogP contribution in [0.25, 0.3) is 0 Å². The molecule has 16 nitrogen and oxygen atoms in total. The van der Waals surface area contributed by atoms with Gasteiger partial charge in [0.05, 0.1) is 38.1 Å². The highest BCUT2D eigenvalue weighted by atomic mass is 16.8. The monoisotopic (exact) mass is 856 g/mol. The predicted molar refractivity (Wildman–Crippen MR) is 208 cm³/mol. The molecular weight excluding hydrogens is 784 g/mol. The van der Waals surface area contributed by atoms with E-state index in [0.29, 0.717) is 41.4 Å². The Balaban J connectivity index is 0.878. The third kappa shape index (κ3) is 7.36. The van der Waals surface area contributed by atoms with Crippen LogP contribution in [0.5, 0.6) is 0 Å². The smallest absolute Gasteiger partial charge is 0.187 e. The second kappa shape index (κ2) is 16.7. The van der Waals surface area contributed by atoms with Crippen molar-refractivity contribution in [1.82, 2.24) is 0 Å². The predicted octanol–water partition coefficient (Wildman–Crippen LogP) is 0.933. The Morgan fingerprint density at radius 3 is 2.13 bits per heavy atom. The van der Waals surface area contributed by atoms with Gasteiger partial charge in [-0.1, -0.05) is 27.7 Å². The Morgan fingerprint density at radius 2 is 1.38 bits per heavy atom. The minimum atomic E-state index is -1.66. The van der Waals surface area contributed by atoms with Crippen molar-refractivity contribution in [1.29, 1.82) is 0 Å². The topological polar surface area (TPSA) is 236 Å². The highest BCUT2D eigenvalue weighted by Crippen LogP contribution is 2.71. The Labute approximate surface area is 353 Å². The summed E-state index contributed by atoms with van der Waals surface area (Å²) in [4.78, 5) is 0. The molecule has 0 aromatic carbocycles. The third-order valence-electron chi connectivity index (χ3n) is 17.8. The lowest BCUT2D eigenvalue weighted by atomic mass is 9.44. The molecule has 26 atom stereocenters. The average Bonchev–Trinajstić information content (AvgIpc) is 3.67. The van der Waals surface area contributed by atoms with Gasteiger partial charge in [0.1, 0.15) is 61.0 Å². The maximum atomic E-state index is 11.6. The molecule has 0 aromatic rings. The highest BCUT2D eigenvalue weighted by molar-refractivity contribution is 5.15. The van der Waals surface area contributed by atoms with Crippen molar-refractivity contribution in [3.8, 4) is 0 Å². The molecular formula is C44H72O16. The molecule has 16 heteroatoms. The molecule has 0 bridgehead atoms. The molecule has 344 valence electrons. The van der Waals surface area contributed by atoms with Gasteiger partial charge in [-0.3, -0.25) is 0 Å². The maximum absolute atomic E-state index is 11.6. The van der Waals surface area contributed by atoms with E-state index in [2.05, 4.69) is 27.7 Å². The quantitative estimate of drug-likeness (QED) is 0.166. The zero-order chi connectivity index (χ0) is 42.6. The van der Waals surface area contributed by atoms with Crippen molar-refractivity contribution < 1.29 is 78.7 Å². The van der Waals surface area contributed by atoms with Crippen molar-refractivity contribution in [2.75, 3.05) is 19.8 Å². The Morgan fingerprint density at radius 1 is 0.633 bits per heavy atom. The van der Waals surface area contributed by atoms with Gasteiger partial charge >= 0.3 is 0 Å². The van der Waals surface area contributed by atoms with Crippen LogP contribution in [-0.4, -0.2) is 165 Å². The van der Waals surface area contributed by atoms with Crippen LogP contribution in [0.2, 0.25) is 0 Å². The largest absolute Gasteiger partial charge is 0.388 e. The van der Waals surface area contributed by atoms with Crippen LogP contribution in [0.4, 0.5) is 0 Å². The number of aliphatic hydroxyl groups is 8. The van der Waals surface area contributed by atoms with Gasteiger partial charge in [-0.2, -0.15) is 0 Å². The first kappa shape index (κ1) is 44.6. The lowest BCUT2D eigenvalue weighted by molar-refractivity contribution is -0.370.